The van der Waals surface area contributed by atoms with E-state index in [0.29, 0.717) is 31.6 Å². The normalized spacial score (nSPS) is 10.7. The molecule has 0 unspecified atom stereocenters. The highest BCUT2D eigenvalue weighted by atomic mass is 19.1. The Morgan fingerprint density at radius 3 is 2.43 bits per heavy atom. The number of likely N-dealkylation sites (N-methyl/N-ethyl adjacent to an activating group) is 1. The summed E-state index contributed by atoms with van der Waals surface area (Å²) in [4.78, 5) is 27.0. The molecule has 1 aromatic carbocycles. The Labute approximate surface area is 137 Å². The average molecular weight is 323 g/mol. The molecule has 0 radical (unpaired) electrons. The largest absolute Gasteiger partial charge is 0.356 e. The van der Waals surface area contributed by atoms with Gasteiger partial charge in [-0.15, -0.1) is 0 Å². The molecule has 0 aromatic heterocycles. The third-order valence-electron chi connectivity index (χ3n) is 3.55. The third-order valence-corrected chi connectivity index (χ3v) is 3.55. The van der Waals surface area contributed by atoms with Crippen LogP contribution in [0.15, 0.2) is 24.3 Å². The van der Waals surface area contributed by atoms with Gasteiger partial charge in [0.15, 0.2) is 0 Å². The van der Waals surface area contributed by atoms with E-state index in [9.17, 15) is 14.0 Å². The van der Waals surface area contributed by atoms with Crippen LogP contribution in [0.5, 0.6) is 0 Å². The van der Waals surface area contributed by atoms with Crippen molar-refractivity contribution in [3.63, 3.8) is 0 Å². The number of hydrogen-bond donors (Lipinski definition) is 1. The summed E-state index contributed by atoms with van der Waals surface area (Å²) in [5.74, 6) is -0.420. The zero-order valence-corrected chi connectivity index (χ0v) is 14.1. The van der Waals surface area contributed by atoms with Crippen LogP contribution in [0.4, 0.5) is 4.39 Å². The van der Waals surface area contributed by atoms with Gasteiger partial charge >= 0.3 is 0 Å². The van der Waals surface area contributed by atoms with Crippen molar-refractivity contribution in [3.05, 3.63) is 35.6 Å². The summed E-state index contributed by atoms with van der Waals surface area (Å²) in [7, 11) is 3.88. The van der Waals surface area contributed by atoms with E-state index in [1.54, 1.807) is 23.1 Å². The molecule has 0 spiro atoms. The second-order valence-corrected chi connectivity index (χ2v) is 5.75. The Morgan fingerprint density at radius 1 is 1.13 bits per heavy atom. The van der Waals surface area contributed by atoms with Crippen molar-refractivity contribution in [2.75, 3.05) is 40.3 Å². The Bertz CT molecular complexity index is 520. The molecule has 0 saturated heterocycles. The lowest BCUT2D eigenvalue weighted by Gasteiger charge is -2.22. The van der Waals surface area contributed by atoms with Crippen LogP contribution in [0.3, 0.4) is 0 Å². The summed E-state index contributed by atoms with van der Waals surface area (Å²) in [6, 6.07) is 6.53. The number of nitrogens with zero attached hydrogens (tertiary/aromatic N) is 2. The van der Waals surface area contributed by atoms with Crippen molar-refractivity contribution >= 4 is 11.8 Å². The zero-order chi connectivity index (χ0) is 17.2. The van der Waals surface area contributed by atoms with E-state index in [2.05, 4.69) is 5.32 Å². The molecule has 1 N–H and O–H groups in total. The molecule has 1 aromatic rings. The Kier molecular flexibility index (Phi) is 8.26. The molecule has 23 heavy (non-hydrogen) atoms. The molecule has 0 saturated carbocycles. The Hall–Kier alpha value is -1.95. The number of rotatable bonds is 9. The molecule has 1 rings (SSSR count). The molecule has 0 aliphatic heterocycles. The molecule has 0 heterocycles. The van der Waals surface area contributed by atoms with E-state index in [-0.39, 0.29) is 24.1 Å². The van der Waals surface area contributed by atoms with Crippen molar-refractivity contribution in [2.24, 2.45) is 0 Å². The standard InChI is InChI=1S/C17H26FN3O2/c1-14(22)21(13-12-20(2)3)11-9-17(23)19-10-8-15-6-4-5-7-16(15)18/h4-7H,8-13H2,1-3H3,(H,19,23). The summed E-state index contributed by atoms with van der Waals surface area (Å²) in [5.41, 5.74) is 0.587. The minimum atomic E-state index is -0.256. The minimum Gasteiger partial charge on any atom is -0.356 e. The van der Waals surface area contributed by atoms with Gasteiger partial charge in [-0.25, -0.2) is 4.39 Å². The minimum absolute atomic E-state index is 0.0361. The molecule has 0 bridgehead atoms. The van der Waals surface area contributed by atoms with Gasteiger partial charge in [0.1, 0.15) is 5.82 Å². The first kappa shape index (κ1) is 19.1. The fraction of sp³-hybridized carbons (Fsp3) is 0.529. The van der Waals surface area contributed by atoms with Crippen molar-refractivity contribution in [1.29, 1.82) is 0 Å². The highest BCUT2D eigenvalue weighted by Crippen LogP contribution is 2.06. The van der Waals surface area contributed by atoms with Gasteiger partial charge in [0.25, 0.3) is 0 Å². The number of carbonyl (C=O) groups is 2. The molecule has 128 valence electrons. The van der Waals surface area contributed by atoms with Gasteiger partial charge in [0.2, 0.25) is 11.8 Å². The van der Waals surface area contributed by atoms with Crippen molar-refractivity contribution in [2.45, 2.75) is 19.8 Å². The number of carbonyl (C=O) groups excluding carboxylic acids is 2. The van der Waals surface area contributed by atoms with E-state index in [0.717, 1.165) is 6.54 Å². The van der Waals surface area contributed by atoms with E-state index in [4.69, 9.17) is 0 Å². The summed E-state index contributed by atoms with van der Waals surface area (Å²) >= 11 is 0. The lowest BCUT2D eigenvalue weighted by Crippen LogP contribution is -2.38. The van der Waals surface area contributed by atoms with E-state index >= 15 is 0 Å². The maximum absolute atomic E-state index is 13.4. The first-order chi connectivity index (χ1) is 10.9. The van der Waals surface area contributed by atoms with E-state index < -0.39 is 0 Å². The highest BCUT2D eigenvalue weighted by molar-refractivity contribution is 5.78. The monoisotopic (exact) mass is 323 g/mol. The maximum atomic E-state index is 13.4. The predicted molar refractivity (Wildman–Crippen MR) is 88.5 cm³/mol. The summed E-state index contributed by atoms with van der Waals surface area (Å²) < 4.78 is 13.4. The van der Waals surface area contributed by atoms with E-state index in [1.807, 2.05) is 19.0 Å². The summed E-state index contributed by atoms with van der Waals surface area (Å²) in [6.45, 7) is 3.65. The van der Waals surface area contributed by atoms with Crippen LogP contribution in [0.1, 0.15) is 18.9 Å². The molecule has 0 aliphatic rings. The van der Waals surface area contributed by atoms with Crippen LogP contribution in [-0.4, -0.2) is 61.9 Å². The van der Waals surface area contributed by atoms with Crippen LogP contribution in [-0.2, 0) is 16.0 Å². The molecule has 0 atom stereocenters. The van der Waals surface area contributed by atoms with Gasteiger partial charge in [-0.1, -0.05) is 18.2 Å². The summed E-state index contributed by atoms with van der Waals surface area (Å²) in [6.07, 6.45) is 0.708. The predicted octanol–water partition coefficient (Wildman–Crippen LogP) is 1.28. The fourth-order valence-corrected chi connectivity index (χ4v) is 2.11. The fourth-order valence-electron chi connectivity index (χ4n) is 2.11. The molecule has 0 aliphatic carbocycles. The van der Waals surface area contributed by atoms with Gasteiger partial charge < -0.3 is 15.1 Å². The smallest absolute Gasteiger partial charge is 0.221 e. The number of benzene rings is 1. The molecule has 2 amide bonds. The highest BCUT2D eigenvalue weighted by Gasteiger charge is 2.11. The van der Waals surface area contributed by atoms with Gasteiger partial charge in [-0.3, -0.25) is 9.59 Å². The first-order valence-corrected chi connectivity index (χ1v) is 7.80. The number of amides is 2. The maximum Gasteiger partial charge on any atom is 0.221 e. The van der Waals surface area contributed by atoms with Crippen LogP contribution >= 0.6 is 0 Å². The van der Waals surface area contributed by atoms with Crippen LogP contribution in [0.2, 0.25) is 0 Å². The lowest BCUT2D eigenvalue weighted by atomic mass is 10.1. The number of nitrogens with one attached hydrogen (secondary N) is 1. The quantitative estimate of drug-likeness (QED) is 0.745. The van der Waals surface area contributed by atoms with Crippen LogP contribution < -0.4 is 5.32 Å². The van der Waals surface area contributed by atoms with Gasteiger partial charge in [0.05, 0.1) is 0 Å². The van der Waals surface area contributed by atoms with Crippen LogP contribution in [0, 0.1) is 5.82 Å². The van der Waals surface area contributed by atoms with Gasteiger partial charge in [0, 0.05) is 39.5 Å². The molecule has 0 fully saturated rings. The molecular formula is C17H26FN3O2. The molecule has 5 nitrogen and oxygen atoms in total. The molecule has 6 heteroatoms. The van der Waals surface area contributed by atoms with Crippen molar-refractivity contribution in [3.8, 4) is 0 Å². The second-order valence-electron chi connectivity index (χ2n) is 5.75. The SMILES string of the molecule is CC(=O)N(CCC(=O)NCCc1ccccc1F)CCN(C)C. The number of hydrogen-bond acceptors (Lipinski definition) is 3. The van der Waals surface area contributed by atoms with Crippen molar-refractivity contribution in [1.82, 2.24) is 15.1 Å². The molecular weight excluding hydrogens is 297 g/mol. The van der Waals surface area contributed by atoms with Gasteiger partial charge in [-0.2, -0.15) is 0 Å². The Balaban J connectivity index is 2.29. The van der Waals surface area contributed by atoms with E-state index in [1.165, 1.54) is 13.0 Å². The average Bonchev–Trinajstić information content (AvgIpc) is 2.48. The topological polar surface area (TPSA) is 52.7 Å². The lowest BCUT2D eigenvalue weighted by molar-refractivity contribution is -0.129. The second kappa shape index (κ2) is 9.94. The van der Waals surface area contributed by atoms with Crippen molar-refractivity contribution < 1.29 is 14.0 Å². The first-order valence-electron chi connectivity index (χ1n) is 7.80. The summed E-state index contributed by atoms with van der Waals surface area (Å²) in [5, 5.41) is 2.76. The van der Waals surface area contributed by atoms with Crippen LogP contribution in [0.25, 0.3) is 0 Å². The third kappa shape index (κ3) is 7.74. The Morgan fingerprint density at radius 2 is 1.83 bits per heavy atom. The van der Waals surface area contributed by atoms with Gasteiger partial charge in [-0.05, 0) is 32.1 Å². The number of halogens is 1. The zero-order valence-electron chi connectivity index (χ0n) is 14.1.